The summed E-state index contributed by atoms with van der Waals surface area (Å²) in [7, 11) is -2.13. The van der Waals surface area contributed by atoms with Crippen LogP contribution in [0.15, 0.2) is 35.2 Å². The van der Waals surface area contributed by atoms with E-state index in [1.165, 1.54) is 11.4 Å². The van der Waals surface area contributed by atoms with Crippen LogP contribution in [0.5, 0.6) is 0 Å². The molecule has 7 heteroatoms. The molecule has 0 spiro atoms. The van der Waals surface area contributed by atoms with Crippen molar-refractivity contribution in [3.05, 3.63) is 47.3 Å². The highest BCUT2D eigenvalue weighted by Crippen LogP contribution is 2.21. The highest BCUT2D eigenvalue weighted by Gasteiger charge is 2.27. The molecule has 1 heterocycles. The second-order valence-electron chi connectivity index (χ2n) is 4.84. The molecule has 0 aliphatic carbocycles. The first-order valence-corrected chi connectivity index (χ1v) is 8.05. The predicted molar refractivity (Wildman–Crippen MR) is 79.2 cm³/mol. The van der Waals surface area contributed by atoms with Gasteiger partial charge in [0.15, 0.2) is 0 Å². The fourth-order valence-electron chi connectivity index (χ4n) is 2.13. The minimum atomic E-state index is -3.66. The Hall–Kier alpha value is -1.70. The Morgan fingerprint density at radius 3 is 2.57 bits per heavy atom. The molecule has 1 aromatic carbocycles. The number of aryl methyl sites for hydroxylation is 1. The third-order valence-electron chi connectivity index (χ3n) is 3.34. The zero-order valence-electron chi connectivity index (χ0n) is 12.1. The van der Waals surface area contributed by atoms with Crippen LogP contribution >= 0.6 is 0 Å². The molecule has 0 amide bonds. The van der Waals surface area contributed by atoms with Gasteiger partial charge in [-0.15, -0.1) is 0 Å². The van der Waals surface area contributed by atoms with Crippen molar-refractivity contribution >= 4 is 10.0 Å². The van der Waals surface area contributed by atoms with Gasteiger partial charge < -0.3 is 5.11 Å². The highest BCUT2D eigenvalue weighted by molar-refractivity contribution is 7.89. The van der Waals surface area contributed by atoms with Crippen molar-refractivity contribution in [2.45, 2.75) is 24.8 Å². The van der Waals surface area contributed by atoms with Crippen LogP contribution in [0.2, 0.25) is 0 Å². The van der Waals surface area contributed by atoms with E-state index in [1.54, 1.807) is 6.92 Å². The van der Waals surface area contributed by atoms with Crippen LogP contribution in [0.4, 0.5) is 0 Å². The van der Waals surface area contributed by atoms with E-state index in [4.69, 9.17) is 0 Å². The molecule has 2 N–H and O–H groups in total. The summed E-state index contributed by atoms with van der Waals surface area (Å²) in [5.41, 5.74) is 1.66. The van der Waals surface area contributed by atoms with Gasteiger partial charge in [0, 0.05) is 13.6 Å². The summed E-state index contributed by atoms with van der Waals surface area (Å²) in [6, 6.07) is 9.69. The summed E-state index contributed by atoms with van der Waals surface area (Å²) in [5, 5.41) is 15.6. The summed E-state index contributed by atoms with van der Waals surface area (Å²) in [4.78, 5) is 0.0700. The van der Waals surface area contributed by atoms with Crippen LogP contribution in [-0.2, 0) is 23.1 Å². The number of nitrogens with one attached hydrogen (secondary N) is 1. The molecule has 0 aliphatic heterocycles. The largest absolute Gasteiger partial charge is 0.390 e. The van der Waals surface area contributed by atoms with Crippen molar-refractivity contribution in [1.82, 2.24) is 14.5 Å². The van der Waals surface area contributed by atoms with E-state index < -0.39 is 16.6 Å². The molecule has 21 heavy (non-hydrogen) atoms. The molecule has 1 aromatic heterocycles. The quantitative estimate of drug-likeness (QED) is 0.836. The maximum Gasteiger partial charge on any atom is 0.246 e. The third-order valence-corrected chi connectivity index (χ3v) is 5.40. The Kier molecular flexibility index (Phi) is 4.76. The number of rotatable bonds is 6. The average molecular weight is 309 g/mol. The van der Waals surface area contributed by atoms with E-state index in [-0.39, 0.29) is 10.6 Å². The number of benzene rings is 1. The second-order valence-corrected chi connectivity index (χ2v) is 6.83. The molecule has 0 fully saturated rings. The Morgan fingerprint density at radius 2 is 1.95 bits per heavy atom. The summed E-state index contributed by atoms with van der Waals surface area (Å²) >= 11 is 0. The second kappa shape index (κ2) is 6.38. The van der Waals surface area contributed by atoms with Crippen LogP contribution in [0.25, 0.3) is 0 Å². The van der Waals surface area contributed by atoms with Crippen LogP contribution in [0.3, 0.4) is 0 Å². The molecule has 0 atom stereocenters. The SMILES string of the molecule is Cc1[nH]nc(CO)c1S(=O)(=O)N(C)CCc1ccccc1. The van der Waals surface area contributed by atoms with Gasteiger partial charge in [0.05, 0.1) is 12.3 Å². The number of likely N-dealkylation sites (N-methyl/N-ethyl adjacent to an activating group) is 1. The molecule has 6 nitrogen and oxygen atoms in total. The van der Waals surface area contributed by atoms with Gasteiger partial charge in [-0.1, -0.05) is 30.3 Å². The fourth-order valence-corrected chi connectivity index (χ4v) is 3.61. The lowest BCUT2D eigenvalue weighted by Gasteiger charge is -2.17. The number of aromatic amines is 1. The number of aromatic nitrogens is 2. The van der Waals surface area contributed by atoms with Crippen LogP contribution < -0.4 is 0 Å². The van der Waals surface area contributed by atoms with Gasteiger partial charge in [-0.3, -0.25) is 5.10 Å². The van der Waals surface area contributed by atoms with Gasteiger partial charge in [-0.2, -0.15) is 5.10 Å². The maximum absolute atomic E-state index is 12.6. The Morgan fingerprint density at radius 1 is 1.29 bits per heavy atom. The molecule has 114 valence electrons. The summed E-state index contributed by atoms with van der Waals surface area (Å²) in [5.74, 6) is 0. The monoisotopic (exact) mass is 309 g/mol. The summed E-state index contributed by atoms with van der Waals surface area (Å²) in [6.07, 6.45) is 0.627. The van der Waals surface area contributed by atoms with Crippen molar-refractivity contribution in [1.29, 1.82) is 0 Å². The molecule has 0 aliphatic rings. The number of hydrogen-bond donors (Lipinski definition) is 2. The molecule has 0 unspecified atom stereocenters. The molecular formula is C14H19N3O3S. The van der Waals surface area contributed by atoms with Gasteiger partial charge in [0.2, 0.25) is 10.0 Å². The zero-order valence-corrected chi connectivity index (χ0v) is 12.9. The number of aliphatic hydroxyl groups excluding tert-OH is 1. The van der Waals surface area contributed by atoms with E-state index in [0.717, 1.165) is 5.56 Å². The van der Waals surface area contributed by atoms with Gasteiger partial charge in [-0.25, -0.2) is 12.7 Å². The smallest absolute Gasteiger partial charge is 0.246 e. The van der Waals surface area contributed by atoms with Gasteiger partial charge in [-0.05, 0) is 18.9 Å². The van der Waals surface area contributed by atoms with E-state index in [9.17, 15) is 13.5 Å². The van der Waals surface area contributed by atoms with Gasteiger partial charge in [0.1, 0.15) is 10.6 Å². The van der Waals surface area contributed by atoms with E-state index in [0.29, 0.717) is 18.7 Å². The van der Waals surface area contributed by atoms with E-state index in [2.05, 4.69) is 10.2 Å². The molecule has 2 rings (SSSR count). The minimum absolute atomic E-state index is 0.0700. The molecule has 0 bridgehead atoms. The number of hydrogen-bond acceptors (Lipinski definition) is 4. The Bertz CT molecular complexity index is 696. The first-order valence-electron chi connectivity index (χ1n) is 6.61. The lowest BCUT2D eigenvalue weighted by Crippen LogP contribution is -2.30. The number of aliphatic hydroxyl groups is 1. The fraction of sp³-hybridized carbons (Fsp3) is 0.357. The molecule has 0 radical (unpaired) electrons. The first kappa shape index (κ1) is 15.7. The number of sulfonamides is 1. The Balaban J connectivity index is 2.17. The topological polar surface area (TPSA) is 86.3 Å². The zero-order chi connectivity index (χ0) is 15.5. The number of H-pyrrole nitrogens is 1. The summed E-state index contributed by atoms with van der Waals surface area (Å²) < 4.78 is 26.4. The standard InChI is InChI=1S/C14H19N3O3S/c1-11-14(13(10-18)16-15-11)21(19,20)17(2)9-8-12-6-4-3-5-7-12/h3-7,18H,8-10H2,1-2H3,(H,15,16). The van der Waals surface area contributed by atoms with Crippen LogP contribution in [0, 0.1) is 6.92 Å². The van der Waals surface area contributed by atoms with Crippen LogP contribution in [0.1, 0.15) is 17.0 Å². The molecular weight excluding hydrogens is 290 g/mol. The van der Waals surface area contributed by atoms with Crippen molar-refractivity contribution in [3.8, 4) is 0 Å². The van der Waals surface area contributed by atoms with Crippen molar-refractivity contribution < 1.29 is 13.5 Å². The summed E-state index contributed by atoms with van der Waals surface area (Å²) in [6.45, 7) is 1.58. The predicted octanol–water partition coefficient (Wildman–Crippen LogP) is 1.07. The number of nitrogens with zero attached hydrogens (tertiary/aromatic N) is 2. The van der Waals surface area contributed by atoms with Crippen LogP contribution in [-0.4, -0.2) is 41.6 Å². The van der Waals surface area contributed by atoms with Crippen molar-refractivity contribution in [2.75, 3.05) is 13.6 Å². The van der Waals surface area contributed by atoms with Crippen molar-refractivity contribution in [3.63, 3.8) is 0 Å². The lowest BCUT2D eigenvalue weighted by atomic mass is 10.2. The van der Waals surface area contributed by atoms with E-state index >= 15 is 0 Å². The normalized spacial score (nSPS) is 12.0. The molecule has 2 aromatic rings. The van der Waals surface area contributed by atoms with Crippen molar-refractivity contribution in [2.24, 2.45) is 0 Å². The molecule has 0 saturated heterocycles. The van der Waals surface area contributed by atoms with Gasteiger partial charge >= 0.3 is 0 Å². The van der Waals surface area contributed by atoms with E-state index in [1.807, 2.05) is 30.3 Å². The molecule has 0 saturated carbocycles. The lowest BCUT2D eigenvalue weighted by molar-refractivity contribution is 0.273. The minimum Gasteiger partial charge on any atom is -0.390 e. The van der Waals surface area contributed by atoms with Gasteiger partial charge in [0.25, 0.3) is 0 Å². The third kappa shape index (κ3) is 3.31. The average Bonchev–Trinajstić information content (AvgIpc) is 2.87. The maximum atomic E-state index is 12.6. The highest BCUT2D eigenvalue weighted by atomic mass is 32.2. The first-order chi connectivity index (χ1) is 9.96. The Labute approximate surface area is 124 Å².